The second-order valence-electron chi connectivity index (χ2n) is 2.97. The molecule has 0 amide bonds. The van der Waals surface area contributed by atoms with Crippen LogP contribution in [0.1, 0.15) is 18.1 Å². The molecule has 0 aromatic heterocycles. The Bertz CT molecular complexity index is 385. The molecular weight excluding hydrogens is 240 g/mol. The standard InChI is InChI=1S/C12H11BrO/c1-10(14)9-12-6-3-2-5-11(12)7-4-8-13/h2-3,5-6H,8-9H2,1H3. The molecule has 0 unspecified atom stereocenters. The maximum absolute atomic E-state index is 11.0. The first-order valence-corrected chi connectivity index (χ1v) is 5.48. The van der Waals surface area contributed by atoms with Gasteiger partial charge in [0.1, 0.15) is 5.78 Å². The minimum absolute atomic E-state index is 0.165. The Kier molecular flexibility index (Phi) is 4.42. The molecule has 0 aliphatic rings. The van der Waals surface area contributed by atoms with Crippen molar-refractivity contribution in [1.82, 2.24) is 0 Å². The second-order valence-corrected chi connectivity index (χ2v) is 3.53. The number of Topliss-reactive ketones (excluding diaryl/α,β-unsaturated/α-hetero) is 1. The van der Waals surface area contributed by atoms with E-state index in [1.165, 1.54) is 0 Å². The Labute approximate surface area is 92.6 Å². The fraction of sp³-hybridized carbons (Fsp3) is 0.250. The summed E-state index contributed by atoms with van der Waals surface area (Å²) in [4.78, 5) is 11.0. The molecule has 0 bridgehead atoms. The predicted octanol–water partition coefficient (Wildman–Crippen LogP) is 2.56. The molecule has 1 nitrogen and oxygen atoms in total. The minimum atomic E-state index is 0.165. The molecule has 0 fully saturated rings. The van der Waals surface area contributed by atoms with Crippen molar-refractivity contribution in [3.05, 3.63) is 35.4 Å². The van der Waals surface area contributed by atoms with Gasteiger partial charge in [-0.15, -0.1) is 0 Å². The SMILES string of the molecule is CC(=O)Cc1ccccc1C#CCBr. The van der Waals surface area contributed by atoms with Crippen LogP contribution in [0.3, 0.4) is 0 Å². The summed E-state index contributed by atoms with van der Waals surface area (Å²) in [6.07, 6.45) is 0.465. The lowest BCUT2D eigenvalue weighted by atomic mass is 10.0. The zero-order valence-electron chi connectivity index (χ0n) is 8.01. The molecule has 0 aliphatic carbocycles. The summed E-state index contributed by atoms with van der Waals surface area (Å²) < 4.78 is 0. The molecule has 0 heterocycles. The van der Waals surface area contributed by atoms with E-state index in [1.54, 1.807) is 6.92 Å². The highest BCUT2D eigenvalue weighted by Crippen LogP contribution is 2.08. The summed E-state index contributed by atoms with van der Waals surface area (Å²) in [5, 5.41) is 0.654. The van der Waals surface area contributed by atoms with Crippen molar-refractivity contribution in [1.29, 1.82) is 0 Å². The number of halogens is 1. The molecule has 0 spiro atoms. The Balaban J connectivity index is 2.96. The van der Waals surface area contributed by atoms with Crippen molar-refractivity contribution in [3.63, 3.8) is 0 Å². The topological polar surface area (TPSA) is 17.1 Å². The number of carbonyl (C=O) groups is 1. The van der Waals surface area contributed by atoms with Crippen molar-refractivity contribution in [2.45, 2.75) is 13.3 Å². The Hall–Kier alpha value is -1.07. The highest BCUT2D eigenvalue weighted by molar-refractivity contribution is 9.09. The lowest BCUT2D eigenvalue weighted by Crippen LogP contribution is -1.98. The van der Waals surface area contributed by atoms with Gasteiger partial charge < -0.3 is 0 Å². The first-order valence-electron chi connectivity index (χ1n) is 4.36. The van der Waals surface area contributed by atoms with Crippen LogP contribution in [-0.2, 0) is 11.2 Å². The number of rotatable bonds is 2. The fourth-order valence-electron chi connectivity index (χ4n) is 1.19. The number of hydrogen-bond acceptors (Lipinski definition) is 1. The van der Waals surface area contributed by atoms with E-state index in [4.69, 9.17) is 0 Å². The normalized spacial score (nSPS) is 9.00. The van der Waals surface area contributed by atoms with Crippen molar-refractivity contribution in [3.8, 4) is 11.8 Å². The minimum Gasteiger partial charge on any atom is -0.300 e. The van der Waals surface area contributed by atoms with E-state index in [0.29, 0.717) is 11.8 Å². The van der Waals surface area contributed by atoms with E-state index >= 15 is 0 Å². The molecular formula is C12H11BrO. The number of ketones is 1. The lowest BCUT2D eigenvalue weighted by molar-refractivity contribution is -0.116. The van der Waals surface area contributed by atoms with Gasteiger partial charge in [0.05, 0.1) is 5.33 Å². The Morgan fingerprint density at radius 1 is 1.43 bits per heavy atom. The van der Waals surface area contributed by atoms with Gasteiger partial charge >= 0.3 is 0 Å². The smallest absolute Gasteiger partial charge is 0.134 e. The van der Waals surface area contributed by atoms with Gasteiger partial charge in [-0.1, -0.05) is 46.0 Å². The van der Waals surface area contributed by atoms with Crippen LogP contribution in [0.5, 0.6) is 0 Å². The van der Waals surface area contributed by atoms with Crippen molar-refractivity contribution in [2.75, 3.05) is 5.33 Å². The van der Waals surface area contributed by atoms with Crippen LogP contribution < -0.4 is 0 Å². The van der Waals surface area contributed by atoms with Gasteiger partial charge in [-0.2, -0.15) is 0 Å². The highest BCUT2D eigenvalue weighted by atomic mass is 79.9. The molecule has 72 valence electrons. The second kappa shape index (κ2) is 5.62. The average molecular weight is 251 g/mol. The molecule has 1 rings (SSSR count). The van der Waals surface area contributed by atoms with Crippen molar-refractivity contribution >= 4 is 21.7 Å². The first kappa shape index (κ1) is 11.0. The van der Waals surface area contributed by atoms with Crippen LogP contribution in [0.4, 0.5) is 0 Å². The van der Waals surface area contributed by atoms with Crippen LogP contribution >= 0.6 is 15.9 Å². The largest absolute Gasteiger partial charge is 0.300 e. The monoisotopic (exact) mass is 250 g/mol. The molecule has 0 aliphatic heterocycles. The van der Waals surface area contributed by atoms with Gasteiger partial charge in [0.2, 0.25) is 0 Å². The molecule has 2 heteroatoms. The molecule has 0 radical (unpaired) electrons. The average Bonchev–Trinajstić information content (AvgIpc) is 2.16. The molecule has 0 N–H and O–H groups in total. The van der Waals surface area contributed by atoms with Gasteiger partial charge in [0.25, 0.3) is 0 Å². The third-order valence-electron chi connectivity index (χ3n) is 1.75. The third kappa shape index (κ3) is 3.35. The summed E-state index contributed by atoms with van der Waals surface area (Å²) in [5.74, 6) is 6.12. The molecule has 1 aromatic carbocycles. The van der Waals surface area contributed by atoms with Gasteiger partial charge in [0, 0.05) is 12.0 Å². The van der Waals surface area contributed by atoms with E-state index < -0.39 is 0 Å². The molecule has 14 heavy (non-hydrogen) atoms. The molecule has 0 atom stereocenters. The van der Waals surface area contributed by atoms with E-state index in [9.17, 15) is 4.79 Å². The van der Waals surface area contributed by atoms with Crippen LogP contribution in [0.25, 0.3) is 0 Å². The number of hydrogen-bond donors (Lipinski definition) is 0. The van der Waals surface area contributed by atoms with E-state index in [1.807, 2.05) is 24.3 Å². The van der Waals surface area contributed by atoms with Crippen LogP contribution in [0, 0.1) is 11.8 Å². The zero-order valence-corrected chi connectivity index (χ0v) is 9.60. The summed E-state index contributed by atoms with van der Waals surface area (Å²) in [7, 11) is 0. The number of benzene rings is 1. The van der Waals surface area contributed by atoms with Crippen LogP contribution in [-0.4, -0.2) is 11.1 Å². The van der Waals surface area contributed by atoms with Crippen LogP contribution in [0.15, 0.2) is 24.3 Å². The van der Waals surface area contributed by atoms with Crippen molar-refractivity contribution < 1.29 is 4.79 Å². The molecule has 0 saturated heterocycles. The predicted molar refractivity (Wildman–Crippen MR) is 61.5 cm³/mol. The Morgan fingerprint density at radius 2 is 2.14 bits per heavy atom. The quantitative estimate of drug-likeness (QED) is 0.583. The maximum atomic E-state index is 11.0. The lowest BCUT2D eigenvalue weighted by Gasteiger charge is -2.00. The molecule has 1 aromatic rings. The van der Waals surface area contributed by atoms with Crippen molar-refractivity contribution in [2.24, 2.45) is 0 Å². The van der Waals surface area contributed by atoms with Gasteiger partial charge in [-0.05, 0) is 18.6 Å². The maximum Gasteiger partial charge on any atom is 0.134 e. The van der Waals surface area contributed by atoms with Gasteiger partial charge in [0.15, 0.2) is 0 Å². The van der Waals surface area contributed by atoms with E-state index in [2.05, 4.69) is 27.8 Å². The van der Waals surface area contributed by atoms with Crippen LogP contribution in [0.2, 0.25) is 0 Å². The number of alkyl halides is 1. The van der Waals surface area contributed by atoms with Gasteiger partial charge in [-0.3, -0.25) is 4.79 Å². The molecule has 0 saturated carbocycles. The summed E-state index contributed by atoms with van der Waals surface area (Å²) in [6, 6.07) is 7.74. The Morgan fingerprint density at radius 3 is 2.79 bits per heavy atom. The fourth-order valence-corrected chi connectivity index (χ4v) is 1.33. The summed E-state index contributed by atoms with van der Waals surface area (Å²) >= 11 is 3.24. The summed E-state index contributed by atoms with van der Waals surface area (Å²) in [5.41, 5.74) is 1.95. The van der Waals surface area contributed by atoms with E-state index in [0.717, 1.165) is 11.1 Å². The highest BCUT2D eigenvalue weighted by Gasteiger charge is 2.01. The number of carbonyl (C=O) groups excluding carboxylic acids is 1. The third-order valence-corrected chi connectivity index (χ3v) is 2.03. The zero-order chi connectivity index (χ0) is 10.4. The summed E-state index contributed by atoms with van der Waals surface area (Å²) in [6.45, 7) is 1.59. The van der Waals surface area contributed by atoms with Gasteiger partial charge in [-0.25, -0.2) is 0 Å². The van der Waals surface area contributed by atoms with E-state index in [-0.39, 0.29) is 5.78 Å². The first-order chi connectivity index (χ1) is 6.74.